The molecule has 0 saturated carbocycles. The number of fused-ring (bicyclic) bond motifs is 1. The average molecular weight is 298 g/mol. The monoisotopic (exact) mass is 298 g/mol. The van der Waals surface area contributed by atoms with Crippen LogP contribution in [0.1, 0.15) is 12.8 Å². The van der Waals surface area contributed by atoms with Crippen LogP contribution in [0.2, 0.25) is 0 Å². The van der Waals surface area contributed by atoms with E-state index in [1.807, 2.05) is 18.2 Å². The van der Waals surface area contributed by atoms with Gasteiger partial charge in [0.1, 0.15) is 5.75 Å². The molecule has 0 radical (unpaired) electrons. The van der Waals surface area contributed by atoms with Gasteiger partial charge in [0.25, 0.3) is 0 Å². The molecule has 2 aromatic rings. The van der Waals surface area contributed by atoms with Crippen LogP contribution in [-0.2, 0) is 0 Å². The van der Waals surface area contributed by atoms with Crippen molar-refractivity contribution in [1.82, 2.24) is 4.98 Å². The van der Waals surface area contributed by atoms with Crippen LogP contribution < -0.4 is 9.64 Å². The predicted molar refractivity (Wildman–Crippen MR) is 77.1 cm³/mol. The number of hydrogen-bond donors (Lipinski definition) is 0. The Labute approximate surface area is 120 Å². The molecule has 20 heavy (non-hydrogen) atoms. The van der Waals surface area contributed by atoms with E-state index in [1.54, 1.807) is 18.4 Å². The molecular weight excluding hydrogens is 282 g/mol. The highest BCUT2D eigenvalue weighted by Gasteiger charge is 2.27. The van der Waals surface area contributed by atoms with Crippen molar-refractivity contribution in [3.8, 4) is 5.75 Å². The van der Waals surface area contributed by atoms with Gasteiger partial charge in [0.15, 0.2) is 5.13 Å². The first kappa shape index (κ1) is 13.5. The molecule has 1 aliphatic heterocycles. The number of aromatic nitrogens is 1. The molecule has 0 N–H and O–H groups in total. The van der Waals surface area contributed by atoms with E-state index in [0.29, 0.717) is 25.9 Å². The first-order valence-electron chi connectivity index (χ1n) is 6.65. The molecule has 1 fully saturated rings. The summed E-state index contributed by atoms with van der Waals surface area (Å²) in [6.07, 6.45) is -1.12. The van der Waals surface area contributed by atoms with Crippen LogP contribution in [0.4, 0.5) is 13.9 Å². The second-order valence-corrected chi connectivity index (χ2v) is 6.00. The zero-order valence-corrected chi connectivity index (χ0v) is 12.0. The molecule has 2 heterocycles. The molecule has 3 rings (SSSR count). The summed E-state index contributed by atoms with van der Waals surface area (Å²) in [7, 11) is 1.63. The number of anilines is 1. The Morgan fingerprint density at radius 3 is 2.75 bits per heavy atom. The summed E-state index contributed by atoms with van der Waals surface area (Å²) < 4.78 is 31.6. The maximum Gasteiger partial charge on any atom is 0.241 e. The lowest BCUT2D eigenvalue weighted by atomic mass is 9.98. The molecular formula is C14H16F2N2OS. The number of alkyl halides is 2. The number of hydrogen-bond acceptors (Lipinski definition) is 4. The van der Waals surface area contributed by atoms with Crippen molar-refractivity contribution in [2.24, 2.45) is 5.92 Å². The fourth-order valence-electron chi connectivity index (χ4n) is 2.50. The standard InChI is InChI=1S/C14H16F2N2OS/c1-19-10-2-3-12-11(8-10)17-14(20-12)18-6-4-9(5-7-18)13(15)16/h2-3,8-9,13H,4-7H2,1H3. The van der Waals surface area contributed by atoms with Crippen molar-refractivity contribution < 1.29 is 13.5 Å². The number of rotatable bonds is 3. The van der Waals surface area contributed by atoms with Gasteiger partial charge in [-0.15, -0.1) is 0 Å². The van der Waals surface area contributed by atoms with Crippen molar-refractivity contribution in [2.45, 2.75) is 19.3 Å². The van der Waals surface area contributed by atoms with Gasteiger partial charge in [-0.3, -0.25) is 0 Å². The summed E-state index contributed by atoms with van der Waals surface area (Å²) in [6, 6.07) is 5.80. The largest absolute Gasteiger partial charge is 0.497 e. The van der Waals surface area contributed by atoms with Gasteiger partial charge in [-0.25, -0.2) is 13.8 Å². The minimum absolute atomic E-state index is 0.458. The molecule has 0 unspecified atom stereocenters. The highest BCUT2D eigenvalue weighted by molar-refractivity contribution is 7.22. The molecule has 6 heteroatoms. The number of ether oxygens (including phenoxy) is 1. The predicted octanol–water partition coefficient (Wildman–Crippen LogP) is 3.79. The van der Waals surface area contributed by atoms with Gasteiger partial charge in [0, 0.05) is 25.1 Å². The summed E-state index contributed by atoms with van der Waals surface area (Å²) in [5, 5.41) is 0.918. The highest BCUT2D eigenvalue weighted by Crippen LogP contribution is 2.34. The van der Waals surface area contributed by atoms with Gasteiger partial charge in [-0.1, -0.05) is 11.3 Å². The summed E-state index contributed by atoms with van der Waals surface area (Å²) in [5.41, 5.74) is 0.903. The fourth-order valence-corrected chi connectivity index (χ4v) is 3.50. The lowest BCUT2D eigenvalue weighted by Crippen LogP contribution is -2.35. The molecule has 0 atom stereocenters. The molecule has 1 aromatic carbocycles. The van der Waals surface area contributed by atoms with E-state index in [1.165, 1.54) is 0 Å². The molecule has 0 aliphatic carbocycles. The lowest BCUT2D eigenvalue weighted by Gasteiger charge is -2.31. The summed E-state index contributed by atoms with van der Waals surface area (Å²) in [5.74, 6) is 0.325. The molecule has 1 aromatic heterocycles. The Morgan fingerprint density at radius 2 is 2.10 bits per heavy atom. The van der Waals surface area contributed by atoms with E-state index in [4.69, 9.17) is 4.74 Å². The van der Waals surface area contributed by atoms with Gasteiger partial charge >= 0.3 is 0 Å². The van der Waals surface area contributed by atoms with Crippen LogP contribution in [0.5, 0.6) is 5.75 Å². The number of benzene rings is 1. The summed E-state index contributed by atoms with van der Waals surface area (Å²) >= 11 is 1.60. The van der Waals surface area contributed by atoms with E-state index >= 15 is 0 Å². The fraction of sp³-hybridized carbons (Fsp3) is 0.500. The van der Waals surface area contributed by atoms with Crippen LogP contribution in [-0.4, -0.2) is 31.6 Å². The Balaban J connectivity index is 1.78. The van der Waals surface area contributed by atoms with Gasteiger partial charge < -0.3 is 9.64 Å². The Bertz CT molecular complexity index is 594. The van der Waals surface area contributed by atoms with Gasteiger partial charge in [0.05, 0.1) is 17.3 Å². The number of methoxy groups -OCH3 is 1. The number of halogens is 2. The van der Waals surface area contributed by atoms with Crippen molar-refractivity contribution in [2.75, 3.05) is 25.1 Å². The van der Waals surface area contributed by atoms with Gasteiger partial charge in [0.2, 0.25) is 6.43 Å². The second-order valence-electron chi connectivity index (χ2n) is 4.99. The first-order valence-corrected chi connectivity index (χ1v) is 7.46. The molecule has 1 saturated heterocycles. The van der Waals surface area contributed by atoms with E-state index in [0.717, 1.165) is 21.1 Å². The average Bonchev–Trinajstić information content (AvgIpc) is 2.90. The highest BCUT2D eigenvalue weighted by atomic mass is 32.1. The minimum Gasteiger partial charge on any atom is -0.497 e. The number of nitrogens with zero attached hydrogens (tertiary/aromatic N) is 2. The number of piperidine rings is 1. The Morgan fingerprint density at radius 1 is 1.35 bits per heavy atom. The zero-order chi connectivity index (χ0) is 14.1. The summed E-state index contributed by atoms with van der Waals surface area (Å²) in [6.45, 7) is 1.32. The van der Waals surface area contributed by atoms with Crippen LogP contribution in [0.3, 0.4) is 0 Å². The van der Waals surface area contributed by atoms with Crippen molar-refractivity contribution in [3.63, 3.8) is 0 Å². The van der Waals surface area contributed by atoms with E-state index in [-0.39, 0.29) is 0 Å². The maximum absolute atomic E-state index is 12.7. The quantitative estimate of drug-likeness (QED) is 0.862. The first-order chi connectivity index (χ1) is 9.67. The van der Waals surface area contributed by atoms with Crippen LogP contribution in [0.15, 0.2) is 18.2 Å². The normalized spacial score (nSPS) is 17.1. The van der Waals surface area contributed by atoms with E-state index in [2.05, 4.69) is 9.88 Å². The van der Waals surface area contributed by atoms with Gasteiger partial charge in [-0.05, 0) is 25.0 Å². The molecule has 3 nitrogen and oxygen atoms in total. The molecule has 0 bridgehead atoms. The topological polar surface area (TPSA) is 25.4 Å². The van der Waals surface area contributed by atoms with Gasteiger partial charge in [-0.2, -0.15) is 0 Å². The smallest absolute Gasteiger partial charge is 0.241 e. The van der Waals surface area contributed by atoms with Crippen molar-refractivity contribution in [1.29, 1.82) is 0 Å². The third kappa shape index (κ3) is 2.57. The molecule has 1 aliphatic rings. The second kappa shape index (κ2) is 5.52. The number of thiazole rings is 1. The third-order valence-electron chi connectivity index (χ3n) is 3.75. The summed E-state index contributed by atoms with van der Waals surface area (Å²) in [4.78, 5) is 6.70. The lowest BCUT2D eigenvalue weighted by molar-refractivity contribution is 0.0636. The maximum atomic E-state index is 12.7. The van der Waals surface area contributed by atoms with E-state index < -0.39 is 12.3 Å². The Kier molecular flexibility index (Phi) is 3.74. The van der Waals surface area contributed by atoms with E-state index in [9.17, 15) is 8.78 Å². The van der Waals surface area contributed by atoms with Crippen molar-refractivity contribution in [3.05, 3.63) is 18.2 Å². The van der Waals surface area contributed by atoms with Crippen LogP contribution in [0.25, 0.3) is 10.2 Å². The minimum atomic E-state index is -2.20. The Hall–Kier alpha value is -1.43. The molecule has 0 spiro atoms. The molecule has 0 amide bonds. The SMILES string of the molecule is COc1ccc2sc(N3CCC(C(F)F)CC3)nc2c1. The van der Waals surface area contributed by atoms with Crippen molar-refractivity contribution >= 4 is 26.7 Å². The van der Waals surface area contributed by atoms with Crippen LogP contribution >= 0.6 is 11.3 Å². The van der Waals surface area contributed by atoms with Crippen LogP contribution in [0, 0.1) is 5.92 Å². The zero-order valence-electron chi connectivity index (χ0n) is 11.2. The molecule has 108 valence electrons. The third-order valence-corrected chi connectivity index (χ3v) is 4.85.